The van der Waals surface area contributed by atoms with Crippen molar-refractivity contribution in [1.29, 1.82) is 0 Å². The number of nitrogens with one attached hydrogen (secondary N) is 1. The molecule has 0 atom stereocenters. The van der Waals surface area contributed by atoms with E-state index in [1.54, 1.807) is 37.3 Å². The first-order valence-corrected chi connectivity index (χ1v) is 9.71. The Morgan fingerprint density at radius 3 is 2.52 bits per heavy atom. The van der Waals surface area contributed by atoms with E-state index in [1.165, 1.54) is 19.2 Å². The zero-order valence-corrected chi connectivity index (χ0v) is 15.8. The van der Waals surface area contributed by atoms with Gasteiger partial charge in [0.25, 0.3) is 0 Å². The molecule has 0 saturated carbocycles. The van der Waals surface area contributed by atoms with Crippen LogP contribution < -0.4 is 19.5 Å². The van der Waals surface area contributed by atoms with Crippen LogP contribution in [0.2, 0.25) is 0 Å². The Morgan fingerprint density at radius 2 is 1.85 bits per heavy atom. The number of likely N-dealkylation sites (N-methyl/N-ethyl adjacent to an activating group) is 1. The number of hydrogen-bond acceptors (Lipinski definition) is 6. The van der Waals surface area contributed by atoms with Crippen molar-refractivity contribution in [3.8, 4) is 17.2 Å². The van der Waals surface area contributed by atoms with Crippen molar-refractivity contribution in [2.45, 2.75) is 11.8 Å². The van der Waals surface area contributed by atoms with Crippen LogP contribution in [0.1, 0.15) is 6.92 Å². The van der Waals surface area contributed by atoms with E-state index < -0.39 is 15.9 Å². The monoisotopic (exact) mass is 392 g/mol. The number of fused-ring (bicyclic) bond motifs is 1. The number of anilines is 1. The highest BCUT2D eigenvalue weighted by molar-refractivity contribution is 7.89. The number of rotatable bonds is 7. The molecule has 3 rings (SSSR count). The van der Waals surface area contributed by atoms with Crippen LogP contribution in [0.25, 0.3) is 0 Å². The minimum Gasteiger partial charge on any atom is -0.497 e. The third-order valence-electron chi connectivity index (χ3n) is 4.03. The lowest BCUT2D eigenvalue weighted by molar-refractivity contribution is -0.116. The highest BCUT2D eigenvalue weighted by atomic mass is 32.2. The molecule has 0 bridgehead atoms. The van der Waals surface area contributed by atoms with Gasteiger partial charge < -0.3 is 19.5 Å². The molecule has 1 N–H and O–H groups in total. The van der Waals surface area contributed by atoms with Gasteiger partial charge in [-0.1, -0.05) is 6.92 Å². The molecule has 8 nitrogen and oxygen atoms in total. The number of sulfonamides is 1. The molecule has 0 unspecified atom stereocenters. The van der Waals surface area contributed by atoms with Crippen molar-refractivity contribution < 1.29 is 27.4 Å². The summed E-state index contributed by atoms with van der Waals surface area (Å²) in [4.78, 5) is 12.4. The largest absolute Gasteiger partial charge is 0.497 e. The lowest BCUT2D eigenvalue weighted by atomic mass is 10.3. The maximum Gasteiger partial charge on any atom is 0.243 e. The second kappa shape index (κ2) is 7.85. The fourth-order valence-electron chi connectivity index (χ4n) is 2.60. The van der Waals surface area contributed by atoms with Gasteiger partial charge in [0.05, 0.1) is 18.6 Å². The summed E-state index contributed by atoms with van der Waals surface area (Å²) in [6.45, 7) is 1.66. The van der Waals surface area contributed by atoms with Gasteiger partial charge in [0.2, 0.25) is 22.7 Å². The first kappa shape index (κ1) is 19.0. The summed E-state index contributed by atoms with van der Waals surface area (Å²) in [6.07, 6.45) is 0. The lowest BCUT2D eigenvalue weighted by Gasteiger charge is -2.20. The van der Waals surface area contributed by atoms with E-state index in [4.69, 9.17) is 14.2 Å². The fraction of sp³-hybridized carbons (Fsp3) is 0.278. The van der Waals surface area contributed by atoms with Crippen molar-refractivity contribution in [1.82, 2.24) is 4.31 Å². The highest BCUT2D eigenvalue weighted by Crippen LogP contribution is 2.34. The van der Waals surface area contributed by atoms with Crippen molar-refractivity contribution in [2.24, 2.45) is 0 Å². The molecule has 1 amide bonds. The first-order valence-electron chi connectivity index (χ1n) is 8.27. The number of nitrogens with zero attached hydrogens (tertiary/aromatic N) is 1. The summed E-state index contributed by atoms with van der Waals surface area (Å²) in [7, 11) is -2.30. The number of hydrogen-bond donors (Lipinski definition) is 1. The van der Waals surface area contributed by atoms with E-state index in [2.05, 4.69) is 5.32 Å². The van der Waals surface area contributed by atoms with Gasteiger partial charge in [0.1, 0.15) is 5.75 Å². The molecule has 2 aromatic carbocycles. The van der Waals surface area contributed by atoms with Crippen LogP contribution in [0.4, 0.5) is 5.69 Å². The Bertz CT molecular complexity index is 927. The average Bonchev–Trinajstić information content (AvgIpc) is 3.13. The van der Waals surface area contributed by atoms with Crippen LogP contribution in [0.15, 0.2) is 47.4 Å². The topological polar surface area (TPSA) is 94.2 Å². The predicted octanol–water partition coefficient (Wildman–Crippen LogP) is 2.07. The van der Waals surface area contributed by atoms with Gasteiger partial charge in [-0.05, 0) is 36.4 Å². The van der Waals surface area contributed by atoms with E-state index >= 15 is 0 Å². The minimum absolute atomic E-state index is 0.0982. The zero-order valence-electron chi connectivity index (χ0n) is 15.0. The van der Waals surface area contributed by atoms with Gasteiger partial charge in [-0.3, -0.25) is 4.79 Å². The van der Waals surface area contributed by atoms with Crippen molar-refractivity contribution in [3.63, 3.8) is 0 Å². The average molecular weight is 392 g/mol. The summed E-state index contributed by atoms with van der Waals surface area (Å²) in [5.74, 6) is 1.24. The number of carbonyl (C=O) groups excluding carboxylic acids is 1. The molecule has 2 aromatic rings. The van der Waals surface area contributed by atoms with Crippen molar-refractivity contribution in [3.05, 3.63) is 42.5 Å². The third-order valence-corrected chi connectivity index (χ3v) is 5.96. The summed E-state index contributed by atoms with van der Waals surface area (Å²) < 4.78 is 42.2. The molecular weight excluding hydrogens is 372 g/mol. The number of methoxy groups -OCH3 is 1. The Kier molecular flexibility index (Phi) is 5.52. The second-order valence-corrected chi connectivity index (χ2v) is 7.66. The summed E-state index contributed by atoms with van der Waals surface area (Å²) in [5.41, 5.74) is 0.502. The van der Waals surface area contributed by atoms with E-state index in [9.17, 15) is 13.2 Å². The van der Waals surface area contributed by atoms with Crippen LogP contribution >= 0.6 is 0 Å². The molecule has 0 aliphatic carbocycles. The molecule has 0 spiro atoms. The van der Waals surface area contributed by atoms with Gasteiger partial charge >= 0.3 is 0 Å². The van der Waals surface area contributed by atoms with Crippen molar-refractivity contribution in [2.75, 3.05) is 32.3 Å². The lowest BCUT2D eigenvalue weighted by Crippen LogP contribution is -2.37. The zero-order chi connectivity index (χ0) is 19.4. The third kappa shape index (κ3) is 4.15. The fourth-order valence-corrected chi connectivity index (χ4v) is 4.00. The number of amides is 1. The molecule has 1 heterocycles. The Hall–Kier alpha value is -2.78. The molecule has 1 aliphatic heterocycles. The van der Waals surface area contributed by atoms with Gasteiger partial charge in [-0.2, -0.15) is 4.31 Å². The molecule has 0 fully saturated rings. The maximum atomic E-state index is 12.8. The van der Waals surface area contributed by atoms with Gasteiger partial charge in [0.15, 0.2) is 11.5 Å². The molecule has 0 radical (unpaired) electrons. The Labute approximate surface area is 157 Å². The molecule has 0 aromatic heterocycles. The smallest absolute Gasteiger partial charge is 0.243 e. The summed E-state index contributed by atoms with van der Waals surface area (Å²) in [6, 6.07) is 11.0. The van der Waals surface area contributed by atoms with Gasteiger partial charge in [-0.25, -0.2) is 8.42 Å². The van der Waals surface area contributed by atoms with Crippen LogP contribution in [-0.2, 0) is 14.8 Å². The molecule has 9 heteroatoms. The minimum atomic E-state index is -3.80. The molecule has 0 saturated heterocycles. The predicted molar refractivity (Wildman–Crippen MR) is 98.6 cm³/mol. The van der Waals surface area contributed by atoms with E-state index in [0.717, 1.165) is 4.31 Å². The molecular formula is C18H20N2O6S. The van der Waals surface area contributed by atoms with Crippen molar-refractivity contribution >= 4 is 21.6 Å². The first-order chi connectivity index (χ1) is 12.9. The highest BCUT2D eigenvalue weighted by Gasteiger charge is 2.25. The number of benzene rings is 2. The maximum absolute atomic E-state index is 12.8. The van der Waals surface area contributed by atoms with E-state index in [-0.39, 0.29) is 24.8 Å². The SMILES string of the molecule is CCN(CC(=O)Nc1ccc2c(c1)OCO2)S(=O)(=O)c1ccc(OC)cc1. The summed E-state index contributed by atoms with van der Waals surface area (Å²) >= 11 is 0. The molecule has 144 valence electrons. The quantitative estimate of drug-likeness (QED) is 0.775. The summed E-state index contributed by atoms with van der Waals surface area (Å²) in [5, 5.41) is 2.68. The van der Waals surface area contributed by atoms with Crippen LogP contribution in [0, 0.1) is 0 Å². The number of carbonyl (C=O) groups is 1. The normalized spacial score (nSPS) is 12.9. The molecule has 27 heavy (non-hydrogen) atoms. The van der Waals surface area contributed by atoms with Crippen LogP contribution in [0.3, 0.4) is 0 Å². The van der Waals surface area contributed by atoms with Crippen LogP contribution in [0.5, 0.6) is 17.2 Å². The standard InChI is InChI=1S/C18H20N2O6S/c1-3-20(27(22,23)15-7-5-14(24-2)6-8-15)11-18(21)19-13-4-9-16-17(10-13)26-12-25-16/h4-10H,3,11-12H2,1-2H3,(H,19,21). The van der Waals surface area contributed by atoms with Crippen LogP contribution in [-0.4, -0.2) is 45.6 Å². The van der Waals surface area contributed by atoms with E-state index in [1.807, 2.05) is 0 Å². The molecule has 1 aliphatic rings. The Morgan fingerprint density at radius 1 is 1.15 bits per heavy atom. The van der Waals surface area contributed by atoms with E-state index in [0.29, 0.717) is 22.9 Å². The van der Waals surface area contributed by atoms with Gasteiger partial charge in [0, 0.05) is 18.3 Å². The van der Waals surface area contributed by atoms with Gasteiger partial charge in [-0.15, -0.1) is 0 Å². The Balaban J connectivity index is 1.70. The second-order valence-electron chi connectivity index (χ2n) is 5.72. The number of ether oxygens (including phenoxy) is 3.